The highest BCUT2D eigenvalue weighted by Crippen LogP contribution is 2.25. The van der Waals surface area contributed by atoms with Crippen LogP contribution in [0.25, 0.3) is 10.8 Å². The van der Waals surface area contributed by atoms with Gasteiger partial charge in [0.25, 0.3) is 0 Å². The molecule has 0 saturated carbocycles. The van der Waals surface area contributed by atoms with E-state index in [1.807, 2.05) is 9.95 Å². The second kappa shape index (κ2) is 3.78. The summed E-state index contributed by atoms with van der Waals surface area (Å²) in [5.41, 5.74) is 0. The van der Waals surface area contributed by atoms with E-state index in [2.05, 4.69) is 45.0 Å². The first-order chi connectivity index (χ1) is 6.68. The first-order valence-corrected chi connectivity index (χ1v) is 5.86. The molecule has 0 aliphatic rings. The fourth-order valence-corrected chi connectivity index (χ4v) is 2.37. The first kappa shape index (κ1) is 9.79. The van der Waals surface area contributed by atoms with Crippen LogP contribution < -0.4 is 0 Å². The van der Waals surface area contributed by atoms with Gasteiger partial charge in [-0.1, -0.05) is 0 Å². The first-order valence-electron chi connectivity index (χ1n) is 4.19. The van der Waals surface area contributed by atoms with Crippen LogP contribution in [0.4, 0.5) is 0 Å². The quantitative estimate of drug-likeness (QED) is 0.845. The molecule has 0 spiro atoms. The monoisotopic (exact) mass is 272 g/mol. The van der Waals surface area contributed by atoms with Crippen molar-refractivity contribution in [1.82, 2.24) is 19.7 Å². The van der Waals surface area contributed by atoms with Gasteiger partial charge in [-0.2, -0.15) is 0 Å². The number of hydrogen-bond donors (Lipinski definition) is 0. The van der Waals surface area contributed by atoms with Gasteiger partial charge < -0.3 is 4.57 Å². The predicted molar refractivity (Wildman–Crippen MR) is 59.2 cm³/mol. The molecule has 0 unspecified atom stereocenters. The summed E-state index contributed by atoms with van der Waals surface area (Å²) in [5.74, 6) is 0.829. The van der Waals surface area contributed by atoms with E-state index in [0.29, 0.717) is 6.04 Å². The largest absolute Gasteiger partial charge is 0.309 e. The van der Waals surface area contributed by atoms with Gasteiger partial charge in [0, 0.05) is 11.4 Å². The number of nitrogens with zero attached hydrogens (tertiary/aromatic N) is 4. The Morgan fingerprint density at radius 2 is 2.29 bits per heavy atom. The fourth-order valence-electron chi connectivity index (χ4n) is 1.13. The molecule has 0 atom stereocenters. The maximum atomic E-state index is 4.31. The lowest BCUT2D eigenvalue weighted by atomic mass is 10.4. The van der Waals surface area contributed by atoms with Crippen molar-refractivity contribution in [2.75, 3.05) is 0 Å². The van der Waals surface area contributed by atoms with Crippen molar-refractivity contribution in [2.45, 2.75) is 19.9 Å². The average molecular weight is 273 g/mol. The van der Waals surface area contributed by atoms with Gasteiger partial charge in [0.1, 0.15) is 10.9 Å². The Labute approximate surface area is 94.1 Å². The van der Waals surface area contributed by atoms with Gasteiger partial charge in [0.05, 0.1) is 0 Å². The highest BCUT2D eigenvalue weighted by atomic mass is 79.9. The summed E-state index contributed by atoms with van der Waals surface area (Å²) < 4.78 is 2.85. The van der Waals surface area contributed by atoms with Crippen molar-refractivity contribution in [3.05, 3.63) is 16.3 Å². The van der Waals surface area contributed by atoms with Gasteiger partial charge >= 0.3 is 0 Å². The number of thiazole rings is 1. The molecule has 14 heavy (non-hydrogen) atoms. The van der Waals surface area contributed by atoms with Crippen molar-refractivity contribution < 1.29 is 0 Å². The molecule has 0 N–H and O–H groups in total. The van der Waals surface area contributed by atoms with Crippen LogP contribution in [0.5, 0.6) is 0 Å². The molecule has 0 fully saturated rings. The van der Waals surface area contributed by atoms with E-state index in [4.69, 9.17) is 0 Å². The van der Waals surface area contributed by atoms with Gasteiger partial charge in [-0.05, 0) is 29.8 Å². The van der Waals surface area contributed by atoms with Crippen LogP contribution in [-0.4, -0.2) is 19.7 Å². The standard InChI is InChI=1S/C8H9BrN4S/c1-5(2)13-4-10-12-7(13)8-11-6(9)3-14-8/h3-5H,1-2H3. The van der Waals surface area contributed by atoms with E-state index in [9.17, 15) is 0 Å². The number of halogens is 1. The maximum Gasteiger partial charge on any atom is 0.193 e. The minimum atomic E-state index is 0.350. The van der Waals surface area contributed by atoms with Crippen molar-refractivity contribution in [1.29, 1.82) is 0 Å². The fraction of sp³-hybridized carbons (Fsp3) is 0.375. The smallest absolute Gasteiger partial charge is 0.193 e. The second-order valence-electron chi connectivity index (χ2n) is 3.13. The zero-order valence-corrected chi connectivity index (χ0v) is 10.2. The highest BCUT2D eigenvalue weighted by Gasteiger charge is 2.12. The Hall–Kier alpha value is -0.750. The Morgan fingerprint density at radius 3 is 2.86 bits per heavy atom. The van der Waals surface area contributed by atoms with Gasteiger partial charge in [0.15, 0.2) is 10.8 Å². The number of rotatable bonds is 2. The van der Waals surface area contributed by atoms with E-state index in [0.717, 1.165) is 15.4 Å². The van der Waals surface area contributed by atoms with Crippen molar-refractivity contribution in [3.8, 4) is 10.8 Å². The van der Waals surface area contributed by atoms with Crippen LogP contribution in [0.1, 0.15) is 19.9 Å². The minimum absolute atomic E-state index is 0.350. The van der Waals surface area contributed by atoms with Crippen LogP contribution in [0.3, 0.4) is 0 Å². The molecule has 0 aliphatic heterocycles. The molecule has 2 rings (SSSR count). The summed E-state index contributed by atoms with van der Waals surface area (Å²) in [5, 5.41) is 10.8. The third-order valence-corrected chi connectivity index (χ3v) is 3.34. The molecule has 0 radical (unpaired) electrons. The Balaban J connectivity index is 2.46. The summed E-state index contributed by atoms with van der Waals surface area (Å²) in [4.78, 5) is 4.31. The molecule has 74 valence electrons. The minimum Gasteiger partial charge on any atom is -0.309 e. The summed E-state index contributed by atoms with van der Waals surface area (Å²) in [7, 11) is 0. The van der Waals surface area contributed by atoms with Crippen LogP contribution >= 0.6 is 27.3 Å². The molecular formula is C8H9BrN4S. The Kier molecular flexibility index (Phi) is 2.64. The SMILES string of the molecule is CC(C)n1cnnc1-c1nc(Br)cs1. The van der Waals surface area contributed by atoms with Gasteiger partial charge in [-0.3, -0.25) is 0 Å². The molecule has 0 aliphatic carbocycles. The van der Waals surface area contributed by atoms with Crippen molar-refractivity contribution >= 4 is 27.3 Å². The molecule has 6 heteroatoms. The number of hydrogen-bond acceptors (Lipinski definition) is 4. The molecule has 2 aromatic heterocycles. The Morgan fingerprint density at radius 1 is 1.50 bits per heavy atom. The predicted octanol–water partition coefficient (Wildman–Crippen LogP) is 2.75. The molecule has 2 aromatic rings. The molecule has 0 saturated heterocycles. The lowest BCUT2D eigenvalue weighted by Crippen LogP contribution is -2.01. The van der Waals surface area contributed by atoms with E-state index in [1.165, 1.54) is 0 Å². The summed E-state index contributed by atoms with van der Waals surface area (Å²) in [6.07, 6.45) is 1.73. The third kappa shape index (κ3) is 1.72. The molecule has 2 heterocycles. The molecule has 0 bridgehead atoms. The molecule has 0 aromatic carbocycles. The van der Waals surface area contributed by atoms with Crippen LogP contribution in [-0.2, 0) is 0 Å². The van der Waals surface area contributed by atoms with Gasteiger partial charge in [0.2, 0.25) is 0 Å². The molecule has 4 nitrogen and oxygen atoms in total. The van der Waals surface area contributed by atoms with Gasteiger partial charge in [-0.25, -0.2) is 4.98 Å². The third-order valence-electron chi connectivity index (χ3n) is 1.80. The highest BCUT2D eigenvalue weighted by molar-refractivity contribution is 9.10. The van der Waals surface area contributed by atoms with E-state index < -0.39 is 0 Å². The molecule has 0 amide bonds. The average Bonchev–Trinajstić information content (AvgIpc) is 2.70. The van der Waals surface area contributed by atoms with Crippen molar-refractivity contribution in [2.24, 2.45) is 0 Å². The van der Waals surface area contributed by atoms with Crippen LogP contribution in [0.15, 0.2) is 16.3 Å². The second-order valence-corrected chi connectivity index (χ2v) is 4.80. The molecular weight excluding hydrogens is 264 g/mol. The zero-order chi connectivity index (χ0) is 10.1. The topological polar surface area (TPSA) is 43.6 Å². The lowest BCUT2D eigenvalue weighted by molar-refractivity contribution is 0.604. The summed E-state index contributed by atoms with van der Waals surface area (Å²) in [6.45, 7) is 4.19. The van der Waals surface area contributed by atoms with Crippen LogP contribution in [0.2, 0.25) is 0 Å². The van der Waals surface area contributed by atoms with E-state index in [-0.39, 0.29) is 0 Å². The Bertz CT molecular complexity index is 434. The number of aromatic nitrogens is 4. The van der Waals surface area contributed by atoms with Gasteiger partial charge in [-0.15, -0.1) is 21.5 Å². The summed E-state index contributed by atoms with van der Waals surface area (Å²) >= 11 is 4.88. The zero-order valence-electron chi connectivity index (χ0n) is 7.81. The normalized spacial score (nSPS) is 11.1. The lowest BCUT2D eigenvalue weighted by Gasteiger charge is -2.07. The van der Waals surface area contributed by atoms with E-state index in [1.54, 1.807) is 17.7 Å². The van der Waals surface area contributed by atoms with Crippen LogP contribution in [0, 0.1) is 0 Å². The van der Waals surface area contributed by atoms with E-state index >= 15 is 0 Å². The van der Waals surface area contributed by atoms with Crippen molar-refractivity contribution in [3.63, 3.8) is 0 Å². The maximum absolute atomic E-state index is 4.31. The summed E-state index contributed by atoms with van der Waals surface area (Å²) in [6, 6.07) is 0.350.